The monoisotopic (exact) mass is 463 g/mol. The molecule has 1 saturated heterocycles. The number of fused-ring (bicyclic) bond motifs is 1. The molecule has 7 nitrogen and oxygen atoms in total. The molecule has 1 fully saturated rings. The first-order valence-corrected chi connectivity index (χ1v) is 11.8. The van der Waals surface area contributed by atoms with Gasteiger partial charge in [-0.1, -0.05) is 6.07 Å². The molecule has 1 aliphatic heterocycles. The van der Waals surface area contributed by atoms with Crippen LogP contribution in [0.1, 0.15) is 27.9 Å². The van der Waals surface area contributed by atoms with Gasteiger partial charge in [-0.15, -0.1) is 0 Å². The van der Waals surface area contributed by atoms with Crippen LogP contribution in [-0.2, 0) is 27.7 Å². The standard InChI is InChI=1S/C22H23F2N3O4S/c23-18-10-17(11-19(24)13-18)22(29)25-14-21(28)26-6-8-27(9-7-26)32(30,31)20-5-4-15-2-1-3-16(15)12-20/h4-5,10-13H,1-3,6-9,14H2,(H,25,29). The van der Waals surface area contributed by atoms with E-state index in [4.69, 9.17) is 0 Å². The van der Waals surface area contributed by atoms with Gasteiger partial charge >= 0.3 is 0 Å². The summed E-state index contributed by atoms with van der Waals surface area (Å²) in [6.07, 6.45) is 2.89. The molecular weight excluding hydrogens is 440 g/mol. The van der Waals surface area contributed by atoms with Crippen molar-refractivity contribution in [3.8, 4) is 0 Å². The summed E-state index contributed by atoms with van der Waals surface area (Å²) < 4.78 is 53.9. The zero-order valence-corrected chi connectivity index (χ0v) is 18.1. The highest BCUT2D eigenvalue weighted by Gasteiger charge is 2.31. The highest BCUT2D eigenvalue weighted by Crippen LogP contribution is 2.26. The first kappa shape index (κ1) is 22.3. The number of piperazine rings is 1. The lowest BCUT2D eigenvalue weighted by Crippen LogP contribution is -2.52. The number of hydrogen-bond acceptors (Lipinski definition) is 4. The third kappa shape index (κ3) is 4.66. The predicted octanol–water partition coefficient (Wildman–Crippen LogP) is 1.72. The van der Waals surface area contributed by atoms with E-state index in [0.29, 0.717) is 6.07 Å². The third-order valence-corrected chi connectivity index (χ3v) is 7.72. The van der Waals surface area contributed by atoms with Gasteiger partial charge in [-0.05, 0) is 54.7 Å². The van der Waals surface area contributed by atoms with Crippen LogP contribution >= 0.6 is 0 Å². The van der Waals surface area contributed by atoms with E-state index in [1.165, 1.54) is 14.8 Å². The van der Waals surface area contributed by atoms with Gasteiger partial charge in [-0.3, -0.25) is 9.59 Å². The molecule has 1 heterocycles. The van der Waals surface area contributed by atoms with E-state index in [-0.39, 0.29) is 43.2 Å². The van der Waals surface area contributed by atoms with Crippen LogP contribution in [0.4, 0.5) is 8.78 Å². The fourth-order valence-corrected chi connectivity index (χ4v) is 5.56. The minimum Gasteiger partial charge on any atom is -0.343 e. The molecule has 0 atom stereocenters. The number of nitrogens with zero attached hydrogens (tertiary/aromatic N) is 2. The van der Waals surface area contributed by atoms with Crippen LogP contribution in [0.2, 0.25) is 0 Å². The number of rotatable bonds is 5. The number of aryl methyl sites for hydroxylation is 2. The van der Waals surface area contributed by atoms with E-state index >= 15 is 0 Å². The number of halogens is 2. The molecule has 0 spiro atoms. The molecule has 0 bridgehead atoms. The fourth-order valence-electron chi connectivity index (χ4n) is 4.09. The zero-order chi connectivity index (χ0) is 22.9. The Morgan fingerprint density at radius 1 is 0.906 bits per heavy atom. The van der Waals surface area contributed by atoms with Crippen LogP contribution < -0.4 is 5.32 Å². The first-order chi connectivity index (χ1) is 15.2. The SMILES string of the molecule is O=C(NCC(=O)N1CCN(S(=O)(=O)c2ccc3c(c2)CCC3)CC1)c1cc(F)cc(F)c1. The van der Waals surface area contributed by atoms with Gasteiger partial charge in [0.15, 0.2) is 0 Å². The Hall–Kier alpha value is -2.85. The van der Waals surface area contributed by atoms with Crippen molar-refractivity contribution < 1.29 is 26.8 Å². The maximum absolute atomic E-state index is 13.2. The normalized spacial score (nSPS) is 16.6. The van der Waals surface area contributed by atoms with Crippen molar-refractivity contribution in [3.63, 3.8) is 0 Å². The van der Waals surface area contributed by atoms with E-state index in [1.54, 1.807) is 12.1 Å². The number of amides is 2. The molecule has 2 aliphatic rings. The minimum absolute atomic E-state index is 0.147. The predicted molar refractivity (Wildman–Crippen MR) is 112 cm³/mol. The molecule has 0 radical (unpaired) electrons. The number of carbonyl (C=O) groups is 2. The summed E-state index contributed by atoms with van der Waals surface area (Å²) >= 11 is 0. The summed E-state index contributed by atoms with van der Waals surface area (Å²) in [6.45, 7) is 0.317. The van der Waals surface area contributed by atoms with Crippen LogP contribution in [0.3, 0.4) is 0 Å². The van der Waals surface area contributed by atoms with E-state index in [2.05, 4.69) is 5.32 Å². The van der Waals surface area contributed by atoms with E-state index in [9.17, 15) is 26.8 Å². The molecule has 0 saturated carbocycles. The van der Waals surface area contributed by atoms with Crippen molar-refractivity contribution in [1.29, 1.82) is 0 Å². The quantitative estimate of drug-likeness (QED) is 0.732. The van der Waals surface area contributed by atoms with E-state index < -0.39 is 33.5 Å². The summed E-state index contributed by atoms with van der Waals surface area (Å²) in [7, 11) is -3.65. The largest absolute Gasteiger partial charge is 0.343 e. The molecule has 0 unspecified atom stereocenters. The fraction of sp³-hybridized carbons (Fsp3) is 0.364. The van der Waals surface area contributed by atoms with Crippen LogP contribution in [0.25, 0.3) is 0 Å². The van der Waals surface area contributed by atoms with Gasteiger partial charge in [0.2, 0.25) is 15.9 Å². The Kier molecular flexibility index (Phi) is 6.25. The second-order valence-corrected chi connectivity index (χ2v) is 9.85. The van der Waals surface area contributed by atoms with E-state index in [1.807, 2.05) is 6.07 Å². The molecule has 1 N–H and O–H groups in total. The molecule has 1 aliphatic carbocycles. The Bertz CT molecular complexity index is 1140. The van der Waals surface area contributed by atoms with Gasteiger partial charge < -0.3 is 10.2 Å². The van der Waals surface area contributed by atoms with E-state index in [0.717, 1.165) is 37.0 Å². The van der Waals surface area contributed by atoms with Gasteiger partial charge in [-0.25, -0.2) is 17.2 Å². The van der Waals surface area contributed by atoms with Crippen LogP contribution in [0.5, 0.6) is 0 Å². The topological polar surface area (TPSA) is 86.8 Å². The van der Waals surface area contributed by atoms with Gasteiger partial charge in [0, 0.05) is 37.8 Å². The molecule has 2 aromatic carbocycles. The molecule has 2 aromatic rings. The number of benzene rings is 2. The third-order valence-electron chi connectivity index (χ3n) is 5.82. The maximum Gasteiger partial charge on any atom is 0.251 e. The number of hydrogen-bond donors (Lipinski definition) is 1. The van der Waals surface area contributed by atoms with Crippen molar-refractivity contribution in [2.24, 2.45) is 0 Å². The Morgan fingerprint density at radius 2 is 1.56 bits per heavy atom. The molecule has 32 heavy (non-hydrogen) atoms. The van der Waals surface area contributed by atoms with Crippen molar-refractivity contribution in [2.75, 3.05) is 32.7 Å². The molecule has 4 rings (SSSR count). The second kappa shape index (κ2) is 8.95. The molecule has 2 amide bonds. The Morgan fingerprint density at radius 3 is 2.25 bits per heavy atom. The summed E-state index contributed by atoms with van der Waals surface area (Å²) in [6, 6.07) is 7.68. The van der Waals surface area contributed by atoms with Crippen LogP contribution in [0.15, 0.2) is 41.3 Å². The Labute approximate surface area is 185 Å². The van der Waals surface area contributed by atoms with Crippen LogP contribution in [0, 0.1) is 11.6 Å². The van der Waals surface area contributed by atoms with Crippen molar-refractivity contribution in [2.45, 2.75) is 24.2 Å². The van der Waals surface area contributed by atoms with Crippen molar-refractivity contribution in [3.05, 3.63) is 64.7 Å². The lowest BCUT2D eigenvalue weighted by molar-refractivity contribution is -0.131. The number of carbonyl (C=O) groups excluding carboxylic acids is 2. The average Bonchev–Trinajstić information content (AvgIpc) is 3.24. The highest BCUT2D eigenvalue weighted by molar-refractivity contribution is 7.89. The van der Waals surface area contributed by atoms with Gasteiger partial charge in [0.25, 0.3) is 5.91 Å². The highest BCUT2D eigenvalue weighted by atomic mass is 32.2. The molecule has 10 heteroatoms. The van der Waals surface area contributed by atoms with Crippen molar-refractivity contribution in [1.82, 2.24) is 14.5 Å². The van der Waals surface area contributed by atoms with Gasteiger partial charge in [0.05, 0.1) is 11.4 Å². The van der Waals surface area contributed by atoms with Gasteiger partial charge in [-0.2, -0.15) is 4.31 Å². The summed E-state index contributed by atoms with van der Waals surface area (Å²) in [4.78, 5) is 26.2. The number of sulfonamides is 1. The first-order valence-electron chi connectivity index (χ1n) is 10.4. The average molecular weight is 464 g/mol. The molecule has 170 valence electrons. The smallest absolute Gasteiger partial charge is 0.251 e. The summed E-state index contributed by atoms with van der Waals surface area (Å²) in [5.74, 6) is -2.94. The lowest BCUT2D eigenvalue weighted by Gasteiger charge is -2.34. The number of nitrogens with one attached hydrogen (secondary N) is 1. The maximum atomic E-state index is 13.2. The summed E-state index contributed by atoms with van der Waals surface area (Å²) in [5, 5.41) is 2.35. The minimum atomic E-state index is -3.65. The van der Waals surface area contributed by atoms with Crippen LogP contribution in [-0.4, -0.2) is 62.2 Å². The van der Waals surface area contributed by atoms with Gasteiger partial charge in [0.1, 0.15) is 11.6 Å². The zero-order valence-electron chi connectivity index (χ0n) is 17.3. The Balaban J connectivity index is 1.32. The lowest BCUT2D eigenvalue weighted by atomic mass is 10.1. The molecule has 0 aromatic heterocycles. The summed E-state index contributed by atoms with van der Waals surface area (Å²) in [5.41, 5.74) is 2.05. The molecular formula is C22H23F2N3O4S. The van der Waals surface area contributed by atoms with Crippen molar-refractivity contribution >= 4 is 21.8 Å². The second-order valence-electron chi connectivity index (χ2n) is 7.91.